The van der Waals surface area contributed by atoms with Crippen molar-refractivity contribution in [2.24, 2.45) is 11.8 Å². The lowest BCUT2D eigenvalue weighted by atomic mass is 10.0. The molecule has 3 rings (SSSR count). The van der Waals surface area contributed by atoms with E-state index in [-0.39, 0.29) is 11.7 Å². The monoisotopic (exact) mass is 248 g/mol. The molecule has 0 aliphatic carbocycles. The van der Waals surface area contributed by atoms with Crippen molar-refractivity contribution < 1.29 is 9.18 Å². The predicted molar refractivity (Wildman–Crippen MR) is 66.9 cm³/mol. The lowest BCUT2D eigenvalue weighted by Crippen LogP contribution is -2.32. The summed E-state index contributed by atoms with van der Waals surface area (Å²) in [6, 6.07) is 4.38. The number of carbonyl (C=O) groups is 1. The number of carbonyl (C=O) groups excluding carboxylic acids is 1. The Kier molecular flexibility index (Phi) is 2.82. The summed E-state index contributed by atoms with van der Waals surface area (Å²) in [7, 11) is 0. The van der Waals surface area contributed by atoms with Crippen molar-refractivity contribution in [1.29, 1.82) is 0 Å². The van der Waals surface area contributed by atoms with Gasteiger partial charge in [-0.05, 0) is 42.5 Å². The van der Waals surface area contributed by atoms with Gasteiger partial charge in [0.15, 0.2) is 0 Å². The minimum atomic E-state index is -0.286. The van der Waals surface area contributed by atoms with Crippen molar-refractivity contribution in [2.75, 3.05) is 26.2 Å². The molecule has 2 heterocycles. The van der Waals surface area contributed by atoms with Crippen LogP contribution >= 0.6 is 0 Å². The molecule has 1 aromatic carbocycles. The summed E-state index contributed by atoms with van der Waals surface area (Å²) >= 11 is 0. The Morgan fingerprint density at radius 1 is 1.33 bits per heavy atom. The highest BCUT2D eigenvalue weighted by molar-refractivity contribution is 5.95. The molecule has 2 aliphatic heterocycles. The Balaban J connectivity index is 1.79. The topological polar surface area (TPSA) is 32.3 Å². The average Bonchev–Trinajstić information content (AvgIpc) is 2.87. The highest BCUT2D eigenvalue weighted by atomic mass is 19.1. The lowest BCUT2D eigenvalue weighted by Gasteiger charge is -2.18. The van der Waals surface area contributed by atoms with Crippen molar-refractivity contribution in [1.82, 2.24) is 10.2 Å². The Bertz CT molecular complexity index is 477. The number of aryl methyl sites for hydroxylation is 1. The number of hydrogen-bond acceptors (Lipinski definition) is 2. The summed E-state index contributed by atoms with van der Waals surface area (Å²) in [5.41, 5.74) is 1.35. The summed E-state index contributed by atoms with van der Waals surface area (Å²) in [4.78, 5) is 14.3. The predicted octanol–water partition coefficient (Wildman–Crippen LogP) is 1.43. The van der Waals surface area contributed by atoms with Crippen LogP contribution in [0, 0.1) is 24.6 Å². The SMILES string of the molecule is Cc1cc(F)ccc1C(=O)N1CC2CNCC2C1. The van der Waals surface area contributed by atoms with Gasteiger partial charge in [-0.15, -0.1) is 0 Å². The lowest BCUT2D eigenvalue weighted by molar-refractivity contribution is 0.0781. The minimum absolute atomic E-state index is 0.0434. The van der Waals surface area contributed by atoms with Crippen LogP contribution < -0.4 is 5.32 Å². The van der Waals surface area contributed by atoms with Gasteiger partial charge in [-0.2, -0.15) is 0 Å². The van der Waals surface area contributed by atoms with E-state index < -0.39 is 0 Å². The van der Waals surface area contributed by atoms with E-state index in [4.69, 9.17) is 0 Å². The zero-order chi connectivity index (χ0) is 12.7. The number of hydrogen-bond donors (Lipinski definition) is 1. The van der Waals surface area contributed by atoms with E-state index >= 15 is 0 Å². The van der Waals surface area contributed by atoms with Gasteiger partial charge in [0.1, 0.15) is 5.82 Å². The van der Waals surface area contributed by atoms with Crippen LogP contribution in [0.5, 0.6) is 0 Å². The third-order valence-electron chi connectivity index (χ3n) is 4.10. The van der Waals surface area contributed by atoms with Gasteiger partial charge in [-0.3, -0.25) is 4.79 Å². The number of amides is 1. The van der Waals surface area contributed by atoms with Gasteiger partial charge in [0, 0.05) is 31.7 Å². The van der Waals surface area contributed by atoms with E-state index in [2.05, 4.69) is 5.32 Å². The molecule has 2 aliphatic rings. The largest absolute Gasteiger partial charge is 0.338 e. The van der Waals surface area contributed by atoms with Gasteiger partial charge in [0.2, 0.25) is 0 Å². The molecule has 1 aromatic rings. The first-order valence-corrected chi connectivity index (χ1v) is 6.41. The summed E-state index contributed by atoms with van der Waals surface area (Å²) in [5, 5.41) is 3.35. The second kappa shape index (κ2) is 4.35. The molecule has 1 amide bonds. The number of nitrogens with zero attached hydrogens (tertiary/aromatic N) is 1. The van der Waals surface area contributed by atoms with Gasteiger partial charge in [-0.25, -0.2) is 4.39 Å². The molecular weight excluding hydrogens is 231 g/mol. The fourth-order valence-electron chi connectivity index (χ4n) is 3.06. The van der Waals surface area contributed by atoms with Crippen LogP contribution in [0.2, 0.25) is 0 Å². The highest BCUT2D eigenvalue weighted by Gasteiger charge is 2.38. The van der Waals surface area contributed by atoms with Crippen LogP contribution in [0.4, 0.5) is 4.39 Å². The molecule has 0 saturated carbocycles. The van der Waals surface area contributed by atoms with Crippen LogP contribution in [0.15, 0.2) is 18.2 Å². The molecule has 3 nitrogen and oxygen atoms in total. The van der Waals surface area contributed by atoms with Gasteiger partial charge in [0.05, 0.1) is 0 Å². The third kappa shape index (κ3) is 1.90. The maximum Gasteiger partial charge on any atom is 0.254 e. The molecule has 2 saturated heterocycles. The van der Waals surface area contributed by atoms with E-state index in [0.29, 0.717) is 17.4 Å². The van der Waals surface area contributed by atoms with E-state index in [1.54, 1.807) is 13.0 Å². The number of rotatable bonds is 1. The molecular formula is C14H17FN2O. The molecule has 2 unspecified atom stereocenters. The molecule has 2 atom stereocenters. The van der Waals surface area contributed by atoms with Gasteiger partial charge >= 0.3 is 0 Å². The first-order valence-electron chi connectivity index (χ1n) is 6.41. The normalized spacial score (nSPS) is 26.4. The number of nitrogens with one attached hydrogen (secondary N) is 1. The summed E-state index contributed by atoms with van der Waals surface area (Å²) < 4.78 is 13.0. The zero-order valence-electron chi connectivity index (χ0n) is 10.4. The first kappa shape index (κ1) is 11.7. The quantitative estimate of drug-likeness (QED) is 0.815. The molecule has 0 spiro atoms. The van der Waals surface area contributed by atoms with E-state index in [9.17, 15) is 9.18 Å². The second-order valence-corrected chi connectivity index (χ2v) is 5.35. The minimum Gasteiger partial charge on any atom is -0.338 e. The van der Waals surface area contributed by atoms with Crippen molar-refractivity contribution in [3.05, 3.63) is 35.1 Å². The Morgan fingerprint density at radius 3 is 2.61 bits per heavy atom. The van der Waals surface area contributed by atoms with E-state index in [0.717, 1.165) is 31.7 Å². The zero-order valence-corrected chi connectivity index (χ0v) is 10.4. The van der Waals surface area contributed by atoms with Gasteiger partial charge in [0.25, 0.3) is 5.91 Å². The van der Waals surface area contributed by atoms with Gasteiger partial charge in [-0.1, -0.05) is 0 Å². The highest BCUT2D eigenvalue weighted by Crippen LogP contribution is 2.27. The average molecular weight is 248 g/mol. The van der Waals surface area contributed by atoms with Crippen molar-refractivity contribution in [2.45, 2.75) is 6.92 Å². The third-order valence-corrected chi connectivity index (χ3v) is 4.10. The number of halogens is 1. The van der Waals surface area contributed by atoms with Crippen LogP contribution in [-0.2, 0) is 0 Å². The summed E-state index contributed by atoms with van der Waals surface area (Å²) in [5.74, 6) is 0.942. The molecule has 2 fully saturated rings. The molecule has 96 valence electrons. The fourth-order valence-corrected chi connectivity index (χ4v) is 3.06. The molecule has 4 heteroatoms. The number of fused-ring (bicyclic) bond motifs is 1. The smallest absolute Gasteiger partial charge is 0.254 e. The van der Waals surface area contributed by atoms with Crippen LogP contribution in [0.25, 0.3) is 0 Å². The number of likely N-dealkylation sites (tertiary alicyclic amines) is 1. The van der Waals surface area contributed by atoms with Crippen LogP contribution in [0.1, 0.15) is 15.9 Å². The fraction of sp³-hybridized carbons (Fsp3) is 0.500. The van der Waals surface area contributed by atoms with E-state index in [1.807, 2.05) is 4.90 Å². The molecule has 0 radical (unpaired) electrons. The first-order chi connectivity index (χ1) is 8.65. The van der Waals surface area contributed by atoms with Gasteiger partial charge < -0.3 is 10.2 Å². The Morgan fingerprint density at radius 2 is 2.00 bits per heavy atom. The Hall–Kier alpha value is -1.42. The van der Waals surface area contributed by atoms with Crippen LogP contribution in [-0.4, -0.2) is 37.0 Å². The van der Waals surface area contributed by atoms with Crippen LogP contribution in [0.3, 0.4) is 0 Å². The maximum absolute atomic E-state index is 13.0. The molecule has 0 bridgehead atoms. The standard InChI is InChI=1S/C14H17FN2O/c1-9-4-12(15)2-3-13(9)14(18)17-7-10-5-16-6-11(10)8-17/h2-4,10-11,16H,5-8H2,1H3. The second-order valence-electron chi connectivity index (χ2n) is 5.35. The summed E-state index contributed by atoms with van der Waals surface area (Å²) in [6.07, 6.45) is 0. The molecule has 1 N–H and O–H groups in total. The number of benzene rings is 1. The van der Waals surface area contributed by atoms with Crippen molar-refractivity contribution >= 4 is 5.91 Å². The van der Waals surface area contributed by atoms with Crippen molar-refractivity contribution in [3.63, 3.8) is 0 Å². The molecule has 0 aromatic heterocycles. The van der Waals surface area contributed by atoms with E-state index in [1.165, 1.54) is 12.1 Å². The van der Waals surface area contributed by atoms with Crippen molar-refractivity contribution in [3.8, 4) is 0 Å². The molecule has 18 heavy (non-hydrogen) atoms. The Labute approximate surface area is 106 Å². The maximum atomic E-state index is 13.0. The summed E-state index contributed by atoms with van der Waals surface area (Å²) in [6.45, 7) is 5.46.